The van der Waals surface area contributed by atoms with E-state index in [9.17, 15) is 23.5 Å². The number of alkyl halides is 2. The van der Waals surface area contributed by atoms with E-state index in [1.807, 2.05) is 0 Å². The number of rotatable bonds is 14. The van der Waals surface area contributed by atoms with Crippen molar-refractivity contribution in [3.8, 4) is 0 Å². The minimum Gasteiger partial charge on any atom is -0.480 e. The normalized spacial score (nSPS) is 18.3. The highest BCUT2D eigenvalue weighted by atomic mass is 19.3. The Morgan fingerprint density at radius 1 is 1.25 bits per heavy atom. The molecule has 1 atom stereocenters. The van der Waals surface area contributed by atoms with Crippen LogP contribution >= 0.6 is 0 Å². The maximum atomic E-state index is 13.4. The van der Waals surface area contributed by atoms with Crippen LogP contribution in [0.15, 0.2) is 12.1 Å². The van der Waals surface area contributed by atoms with E-state index in [-0.39, 0.29) is 32.1 Å². The standard InChI is InChI=1S/C26H40F2N4O4/c1-36-18-17-32(15-3-2-6-21-8-7-19-5-4-14-29-23(19)30-21)16-11-22(25(34)35)31-24(33)20-9-12-26(27,28)13-10-20/h7-8,20,22H,2-6,9-18H2,1H3,(H,29,30)(H,31,33)(H,34,35)/t22-/m0/s1. The zero-order chi connectivity index (χ0) is 26.0. The van der Waals surface area contributed by atoms with Gasteiger partial charge in [0.15, 0.2) is 0 Å². The molecule has 1 aliphatic carbocycles. The third-order valence-corrected chi connectivity index (χ3v) is 7.16. The van der Waals surface area contributed by atoms with Crippen LogP contribution in [-0.4, -0.2) is 78.7 Å². The van der Waals surface area contributed by atoms with Gasteiger partial charge in [-0.25, -0.2) is 18.6 Å². The molecule has 0 bridgehead atoms. The van der Waals surface area contributed by atoms with Crippen molar-refractivity contribution >= 4 is 17.7 Å². The summed E-state index contributed by atoms with van der Waals surface area (Å²) in [6, 6.07) is 3.22. The number of carboxylic acid groups (broad SMARTS) is 1. The maximum absolute atomic E-state index is 13.4. The molecule has 2 aliphatic rings. The fraction of sp³-hybridized carbons (Fsp3) is 0.731. The number of methoxy groups -OCH3 is 1. The third-order valence-electron chi connectivity index (χ3n) is 7.16. The minimum atomic E-state index is -2.72. The number of amides is 1. The molecule has 0 unspecified atom stereocenters. The number of nitrogens with one attached hydrogen (secondary N) is 2. The molecule has 0 spiro atoms. The highest BCUT2D eigenvalue weighted by Gasteiger charge is 2.38. The number of fused-ring (bicyclic) bond motifs is 1. The van der Waals surface area contributed by atoms with Crippen molar-refractivity contribution < 1.29 is 28.2 Å². The first-order chi connectivity index (χ1) is 17.3. The van der Waals surface area contributed by atoms with E-state index in [4.69, 9.17) is 9.72 Å². The summed E-state index contributed by atoms with van der Waals surface area (Å²) in [6.45, 7) is 3.43. The quantitative estimate of drug-likeness (QED) is 0.329. The van der Waals surface area contributed by atoms with Crippen molar-refractivity contribution in [1.29, 1.82) is 0 Å². The average Bonchev–Trinajstić information content (AvgIpc) is 2.86. The average molecular weight is 511 g/mol. The van der Waals surface area contributed by atoms with Crippen LogP contribution in [0.3, 0.4) is 0 Å². The summed E-state index contributed by atoms with van der Waals surface area (Å²) in [5, 5.41) is 15.6. The van der Waals surface area contributed by atoms with Gasteiger partial charge in [0, 0.05) is 51.2 Å². The number of nitrogens with zero attached hydrogens (tertiary/aromatic N) is 2. The topological polar surface area (TPSA) is 104 Å². The lowest BCUT2D eigenvalue weighted by molar-refractivity contribution is -0.143. The molecule has 8 nitrogen and oxygen atoms in total. The number of carbonyl (C=O) groups excluding carboxylic acids is 1. The smallest absolute Gasteiger partial charge is 0.326 e. The van der Waals surface area contributed by atoms with Crippen LogP contribution in [-0.2, 0) is 27.2 Å². The summed E-state index contributed by atoms with van der Waals surface area (Å²) in [4.78, 5) is 31.2. The molecule has 1 saturated carbocycles. The van der Waals surface area contributed by atoms with Gasteiger partial charge in [0.25, 0.3) is 0 Å². The van der Waals surface area contributed by atoms with Gasteiger partial charge in [-0.2, -0.15) is 0 Å². The van der Waals surface area contributed by atoms with Gasteiger partial charge in [-0.05, 0) is 69.5 Å². The van der Waals surface area contributed by atoms with Gasteiger partial charge in [-0.3, -0.25) is 4.79 Å². The molecular weight excluding hydrogens is 470 g/mol. The first-order valence-corrected chi connectivity index (χ1v) is 13.1. The number of ether oxygens (including phenoxy) is 1. The van der Waals surface area contributed by atoms with E-state index in [1.165, 1.54) is 5.56 Å². The SMILES string of the molecule is COCCN(CCCCc1ccc2c(n1)NCCC2)CC[C@H](NC(=O)C1CCC(F)(F)CC1)C(=O)O. The van der Waals surface area contributed by atoms with Gasteiger partial charge in [0.2, 0.25) is 11.8 Å². The van der Waals surface area contributed by atoms with Gasteiger partial charge >= 0.3 is 5.97 Å². The number of aromatic nitrogens is 1. The van der Waals surface area contributed by atoms with E-state index in [2.05, 4.69) is 27.7 Å². The Morgan fingerprint density at radius 3 is 2.75 bits per heavy atom. The fourth-order valence-corrected chi connectivity index (χ4v) is 4.87. The van der Waals surface area contributed by atoms with Crippen molar-refractivity contribution in [2.45, 2.75) is 76.2 Å². The van der Waals surface area contributed by atoms with Crippen LogP contribution in [0.4, 0.5) is 14.6 Å². The van der Waals surface area contributed by atoms with Gasteiger partial charge < -0.3 is 25.4 Å². The summed E-state index contributed by atoms with van der Waals surface area (Å²) < 4.78 is 32.0. The summed E-state index contributed by atoms with van der Waals surface area (Å²) in [7, 11) is 1.63. The Labute approximate surface area is 212 Å². The van der Waals surface area contributed by atoms with Crippen molar-refractivity contribution in [2.75, 3.05) is 45.2 Å². The monoisotopic (exact) mass is 510 g/mol. The lowest BCUT2D eigenvalue weighted by Gasteiger charge is -2.29. The second kappa shape index (κ2) is 13.8. The highest BCUT2D eigenvalue weighted by molar-refractivity contribution is 5.85. The molecule has 0 aromatic carbocycles. The number of hydrogen-bond acceptors (Lipinski definition) is 6. The molecule has 2 heterocycles. The van der Waals surface area contributed by atoms with Gasteiger partial charge in [0.05, 0.1) is 6.61 Å². The van der Waals surface area contributed by atoms with Crippen molar-refractivity contribution in [3.05, 3.63) is 23.4 Å². The van der Waals surface area contributed by atoms with Gasteiger partial charge in [-0.15, -0.1) is 0 Å². The number of halogens is 2. The Morgan fingerprint density at radius 2 is 2.03 bits per heavy atom. The van der Waals surface area contributed by atoms with Crippen molar-refractivity contribution in [3.63, 3.8) is 0 Å². The predicted octanol–water partition coefficient (Wildman–Crippen LogP) is 3.50. The second-order valence-corrected chi connectivity index (χ2v) is 9.95. The van der Waals surface area contributed by atoms with Crippen molar-refractivity contribution in [2.24, 2.45) is 5.92 Å². The fourth-order valence-electron chi connectivity index (χ4n) is 4.87. The van der Waals surface area contributed by atoms with Crippen LogP contribution in [0, 0.1) is 5.92 Å². The largest absolute Gasteiger partial charge is 0.480 e. The van der Waals surface area contributed by atoms with E-state index >= 15 is 0 Å². The maximum Gasteiger partial charge on any atom is 0.326 e. The molecule has 1 aromatic rings. The van der Waals surface area contributed by atoms with Crippen LogP contribution < -0.4 is 10.6 Å². The molecule has 202 valence electrons. The number of carbonyl (C=O) groups is 2. The zero-order valence-electron chi connectivity index (χ0n) is 21.2. The number of unbranched alkanes of at least 4 members (excludes halogenated alkanes) is 1. The number of aryl methyl sites for hydroxylation is 2. The summed E-state index contributed by atoms with van der Waals surface area (Å²) in [6.07, 6.45) is 4.72. The van der Waals surface area contributed by atoms with Crippen LogP contribution in [0.1, 0.15) is 62.6 Å². The molecule has 3 rings (SSSR count). The first kappa shape index (κ1) is 28.2. The summed E-state index contributed by atoms with van der Waals surface area (Å²) in [5.41, 5.74) is 2.35. The van der Waals surface area contributed by atoms with Gasteiger partial charge in [0.1, 0.15) is 11.9 Å². The molecule has 1 fully saturated rings. The number of carboxylic acids is 1. The number of pyridine rings is 1. The molecule has 1 aliphatic heterocycles. The summed E-state index contributed by atoms with van der Waals surface area (Å²) >= 11 is 0. The second-order valence-electron chi connectivity index (χ2n) is 9.95. The van der Waals surface area contributed by atoms with Crippen LogP contribution in [0.2, 0.25) is 0 Å². The molecule has 36 heavy (non-hydrogen) atoms. The van der Waals surface area contributed by atoms with E-state index in [0.29, 0.717) is 19.7 Å². The van der Waals surface area contributed by atoms with E-state index in [1.54, 1.807) is 7.11 Å². The predicted molar refractivity (Wildman–Crippen MR) is 133 cm³/mol. The number of aliphatic carboxylic acids is 1. The lowest BCUT2D eigenvalue weighted by Crippen LogP contribution is -2.46. The third kappa shape index (κ3) is 8.96. The molecule has 1 amide bonds. The first-order valence-electron chi connectivity index (χ1n) is 13.1. The van der Waals surface area contributed by atoms with Crippen molar-refractivity contribution in [1.82, 2.24) is 15.2 Å². The minimum absolute atomic E-state index is 0.0836. The Balaban J connectivity index is 1.43. The van der Waals surface area contributed by atoms with Crippen LogP contribution in [0.25, 0.3) is 0 Å². The molecular formula is C26H40F2N4O4. The van der Waals surface area contributed by atoms with E-state index < -0.39 is 29.8 Å². The number of anilines is 1. The molecule has 3 N–H and O–H groups in total. The number of hydrogen-bond donors (Lipinski definition) is 3. The van der Waals surface area contributed by atoms with E-state index in [0.717, 1.165) is 56.7 Å². The molecule has 1 aromatic heterocycles. The Hall–Kier alpha value is -2.33. The molecule has 0 saturated heterocycles. The Kier molecular flexibility index (Phi) is 10.9. The highest BCUT2D eigenvalue weighted by Crippen LogP contribution is 2.36. The molecule has 0 radical (unpaired) electrons. The molecule has 10 heteroatoms. The Bertz CT molecular complexity index is 860. The summed E-state index contributed by atoms with van der Waals surface area (Å²) in [5.74, 6) is -3.82. The van der Waals surface area contributed by atoms with Gasteiger partial charge in [-0.1, -0.05) is 6.07 Å². The lowest BCUT2D eigenvalue weighted by atomic mass is 9.86. The van der Waals surface area contributed by atoms with Crippen LogP contribution in [0.5, 0.6) is 0 Å². The zero-order valence-corrected chi connectivity index (χ0v) is 21.2.